The molecule has 4 aliphatic rings. The summed E-state index contributed by atoms with van der Waals surface area (Å²) in [6.07, 6.45) is 2.00. The summed E-state index contributed by atoms with van der Waals surface area (Å²) in [5.74, 6) is -1.63. The van der Waals surface area contributed by atoms with Crippen LogP contribution in [0, 0.1) is 11.2 Å². The standard InChI is InChI=1S/C18H18FN3O3/c19-15-11-5-18(7-20-8-18)4-9(11)3-10-6-22(17(25)14(10)15)12-1-2-13(23)21-16(12)24/h3,12,20H,1-2,4-8H2,(H,21,23,24). The van der Waals surface area contributed by atoms with Crippen LogP contribution in [0.15, 0.2) is 6.07 Å². The summed E-state index contributed by atoms with van der Waals surface area (Å²) in [6, 6.07) is 1.25. The summed E-state index contributed by atoms with van der Waals surface area (Å²) in [7, 11) is 0. The number of halogens is 1. The van der Waals surface area contributed by atoms with E-state index >= 15 is 4.39 Å². The quantitative estimate of drug-likeness (QED) is 0.718. The lowest BCUT2D eigenvalue weighted by Crippen LogP contribution is -2.54. The van der Waals surface area contributed by atoms with Crippen molar-refractivity contribution in [3.63, 3.8) is 0 Å². The van der Waals surface area contributed by atoms with Crippen LogP contribution in [0.5, 0.6) is 0 Å². The van der Waals surface area contributed by atoms with Gasteiger partial charge in [0, 0.05) is 31.5 Å². The zero-order valence-corrected chi connectivity index (χ0v) is 13.7. The second-order valence-electron chi connectivity index (χ2n) is 7.72. The number of imide groups is 1. The molecule has 0 bridgehead atoms. The van der Waals surface area contributed by atoms with Gasteiger partial charge in [0.05, 0.1) is 5.56 Å². The molecule has 130 valence electrons. The van der Waals surface area contributed by atoms with Crippen molar-refractivity contribution < 1.29 is 18.8 Å². The van der Waals surface area contributed by atoms with Gasteiger partial charge in [-0.15, -0.1) is 0 Å². The van der Waals surface area contributed by atoms with Gasteiger partial charge in [-0.1, -0.05) is 6.07 Å². The molecule has 3 aliphatic heterocycles. The molecule has 3 heterocycles. The lowest BCUT2D eigenvalue weighted by atomic mass is 9.79. The van der Waals surface area contributed by atoms with E-state index < -0.39 is 23.7 Å². The van der Waals surface area contributed by atoms with Crippen LogP contribution in [0.1, 0.15) is 39.9 Å². The normalized spacial score (nSPS) is 26.5. The van der Waals surface area contributed by atoms with E-state index in [1.165, 1.54) is 4.90 Å². The van der Waals surface area contributed by atoms with Gasteiger partial charge in [0.25, 0.3) is 5.91 Å². The van der Waals surface area contributed by atoms with Crippen LogP contribution in [0.4, 0.5) is 4.39 Å². The lowest BCUT2D eigenvalue weighted by molar-refractivity contribution is -0.136. The number of benzene rings is 1. The van der Waals surface area contributed by atoms with Gasteiger partial charge < -0.3 is 10.2 Å². The first-order valence-corrected chi connectivity index (χ1v) is 8.66. The maximum atomic E-state index is 15.1. The van der Waals surface area contributed by atoms with Crippen molar-refractivity contribution in [2.24, 2.45) is 5.41 Å². The summed E-state index contributed by atoms with van der Waals surface area (Å²) in [5.41, 5.74) is 2.56. The number of nitrogens with zero attached hydrogens (tertiary/aromatic N) is 1. The second-order valence-corrected chi connectivity index (χ2v) is 7.72. The molecule has 1 aromatic carbocycles. The Morgan fingerprint density at radius 2 is 1.96 bits per heavy atom. The molecule has 25 heavy (non-hydrogen) atoms. The first kappa shape index (κ1) is 15.0. The third-order valence-corrected chi connectivity index (χ3v) is 6.06. The van der Waals surface area contributed by atoms with Gasteiger partial charge in [0.1, 0.15) is 11.9 Å². The molecule has 1 aromatic rings. The van der Waals surface area contributed by atoms with E-state index in [0.29, 0.717) is 24.0 Å². The zero-order chi connectivity index (χ0) is 17.3. The maximum Gasteiger partial charge on any atom is 0.258 e. The SMILES string of the molecule is O=C1CCC(N2Cc3cc4c(c(F)c3C2=O)CC2(CNC2)C4)C(=O)N1. The maximum absolute atomic E-state index is 15.1. The molecule has 7 heteroatoms. The first-order valence-electron chi connectivity index (χ1n) is 8.66. The Bertz CT molecular complexity index is 846. The molecule has 2 fully saturated rings. The molecule has 6 nitrogen and oxygen atoms in total. The number of piperidine rings is 1. The number of amides is 3. The Morgan fingerprint density at radius 3 is 2.64 bits per heavy atom. The third kappa shape index (κ3) is 2.02. The molecular formula is C18H18FN3O3. The van der Waals surface area contributed by atoms with E-state index in [1.807, 2.05) is 6.07 Å². The van der Waals surface area contributed by atoms with Gasteiger partial charge in [-0.25, -0.2) is 4.39 Å². The largest absolute Gasteiger partial charge is 0.322 e. The minimum atomic E-state index is -0.700. The summed E-state index contributed by atoms with van der Waals surface area (Å²) in [6.45, 7) is 2.01. The number of rotatable bonds is 1. The molecular weight excluding hydrogens is 325 g/mol. The van der Waals surface area contributed by atoms with E-state index in [9.17, 15) is 14.4 Å². The van der Waals surface area contributed by atoms with Crippen LogP contribution >= 0.6 is 0 Å². The van der Waals surface area contributed by atoms with Crippen LogP contribution in [-0.4, -0.2) is 41.8 Å². The van der Waals surface area contributed by atoms with Gasteiger partial charge in [0.15, 0.2) is 0 Å². The fourth-order valence-electron chi connectivity index (χ4n) is 4.71. The molecule has 1 aliphatic carbocycles. The number of fused-ring (bicyclic) bond motifs is 2. The van der Waals surface area contributed by atoms with E-state index in [1.54, 1.807) is 0 Å². The third-order valence-electron chi connectivity index (χ3n) is 6.06. The minimum Gasteiger partial charge on any atom is -0.322 e. The highest BCUT2D eigenvalue weighted by Crippen LogP contribution is 2.44. The Balaban J connectivity index is 1.48. The number of nitrogens with one attached hydrogen (secondary N) is 2. The average Bonchev–Trinajstić information content (AvgIpc) is 3.07. The molecule has 2 saturated heterocycles. The fourth-order valence-corrected chi connectivity index (χ4v) is 4.71. The number of carbonyl (C=O) groups is 3. The van der Waals surface area contributed by atoms with Crippen molar-refractivity contribution in [2.75, 3.05) is 13.1 Å². The molecule has 1 atom stereocenters. The summed E-state index contributed by atoms with van der Waals surface area (Å²) in [5, 5.41) is 5.52. The van der Waals surface area contributed by atoms with Crippen LogP contribution in [0.2, 0.25) is 0 Å². The van der Waals surface area contributed by atoms with E-state index in [2.05, 4.69) is 10.6 Å². The predicted molar refractivity (Wildman–Crippen MR) is 85.2 cm³/mol. The van der Waals surface area contributed by atoms with Crippen LogP contribution in [0.25, 0.3) is 0 Å². The fraction of sp³-hybridized carbons (Fsp3) is 0.500. The van der Waals surface area contributed by atoms with Gasteiger partial charge in [-0.3, -0.25) is 19.7 Å². The first-order chi connectivity index (χ1) is 12.0. The van der Waals surface area contributed by atoms with E-state index in [-0.39, 0.29) is 29.9 Å². The van der Waals surface area contributed by atoms with Crippen LogP contribution < -0.4 is 10.6 Å². The highest BCUT2D eigenvalue weighted by Gasteiger charge is 2.47. The Kier molecular flexibility index (Phi) is 2.93. The lowest BCUT2D eigenvalue weighted by Gasteiger charge is -2.39. The highest BCUT2D eigenvalue weighted by molar-refractivity contribution is 6.05. The Labute approximate surface area is 143 Å². The number of carbonyl (C=O) groups excluding carboxylic acids is 3. The van der Waals surface area contributed by atoms with Crippen molar-refractivity contribution in [3.8, 4) is 0 Å². The summed E-state index contributed by atoms with van der Waals surface area (Å²) in [4.78, 5) is 37.6. The van der Waals surface area contributed by atoms with Crippen LogP contribution in [0.3, 0.4) is 0 Å². The van der Waals surface area contributed by atoms with Gasteiger partial charge in [0.2, 0.25) is 11.8 Å². The van der Waals surface area contributed by atoms with Crippen molar-refractivity contribution in [1.82, 2.24) is 15.5 Å². The van der Waals surface area contributed by atoms with E-state index in [4.69, 9.17) is 0 Å². The van der Waals surface area contributed by atoms with Crippen molar-refractivity contribution in [1.29, 1.82) is 0 Å². The zero-order valence-electron chi connectivity index (χ0n) is 13.7. The van der Waals surface area contributed by atoms with Gasteiger partial charge in [-0.2, -0.15) is 0 Å². The molecule has 1 unspecified atom stereocenters. The molecule has 0 aromatic heterocycles. The van der Waals surface area contributed by atoms with Crippen molar-refractivity contribution >= 4 is 17.7 Å². The molecule has 1 spiro atoms. The van der Waals surface area contributed by atoms with E-state index in [0.717, 1.165) is 25.1 Å². The van der Waals surface area contributed by atoms with Crippen molar-refractivity contribution in [2.45, 2.75) is 38.3 Å². The smallest absolute Gasteiger partial charge is 0.258 e. The Hall–Kier alpha value is -2.28. The molecule has 0 radical (unpaired) electrons. The topological polar surface area (TPSA) is 78.5 Å². The minimum absolute atomic E-state index is 0.116. The Morgan fingerprint density at radius 1 is 1.16 bits per heavy atom. The monoisotopic (exact) mass is 343 g/mol. The van der Waals surface area contributed by atoms with Gasteiger partial charge in [-0.05, 0) is 36.0 Å². The molecule has 5 rings (SSSR count). The second kappa shape index (κ2) is 4.88. The van der Waals surface area contributed by atoms with Crippen molar-refractivity contribution in [3.05, 3.63) is 34.1 Å². The highest BCUT2D eigenvalue weighted by atomic mass is 19.1. The summed E-state index contributed by atoms with van der Waals surface area (Å²) < 4.78 is 15.1. The number of hydrogen-bond acceptors (Lipinski definition) is 4. The van der Waals surface area contributed by atoms with Gasteiger partial charge >= 0.3 is 0 Å². The molecule has 3 amide bonds. The summed E-state index contributed by atoms with van der Waals surface area (Å²) >= 11 is 0. The molecule has 0 saturated carbocycles. The average molecular weight is 343 g/mol. The molecule has 2 N–H and O–H groups in total. The predicted octanol–water partition coefficient (Wildman–Crippen LogP) is 0.275. The number of hydrogen-bond donors (Lipinski definition) is 2. The van der Waals surface area contributed by atoms with Crippen LogP contribution in [-0.2, 0) is 29.0 Å².